The third-order valence-corrected chi connectivity index (χ3v) is 4.27. The van der Waals surface area contributed by atoms with Crippen LogP contribution in [0.25, 0.3) is 0 Å². The number of rotatable bonds is 4. The number of nitrogens with zero attached hydrogens (tertiary/aromatic N) is 2. The summed E-state index contributed by atoms with van der Waals surface area (Å²) in [5, 5.41) is 0. The summed E-state index contributed by atoms with van der Waals surface area (Å²) in [7, 11) is 0. The molecule has 2 N–H and O–H groups in total. The van der Waals surface area contributed by atoms with Gasteiger partial charge in [0.2, 0.25) is 0 Å². The van der Waals surface area contributed by atoms with Crippen molar-refractivity contribution in [1.82, 2.24) is 4.98 Å². The Morgan fingerprint density at radius 1 is 1.18 bits per heavy atom. The van der Waals surface area contributed by atoms with Crippen molar-refractivity contribution in [3.63, 3.8) is 0 Å². The molecule has 0 atom stereocenters. The predicted octanol–water partition coefficient (Wildman–Crippen LogP) is 3.27. The Morgan fingerprint density at radius 3 is 2.59 bits per heavy atom. The van der Waals surface area contributed by atoms with Crippen molar-refractivity contribution < 1.29 is 4.74 Å². The molecule has 2 heterocycles. The number of hydrogen-bond acceptors (Lipinski definition) is 4. The van der Waals surface area contributed by atoms with E-state index in [2.05, 4.69) is 35.0 Å². The van der Waals surface area contributed by atoms with Crippen molar-refractivity contribution in [3.8, 4) is 5.75 Å². The van der Waals surface area contributed by atoms with Gasteiger partial charge >= 0.3 is 0 Å². The maximum Gasteiger partial charge on any atom is 0.120 e. The Labute approximate surface area is 131 Å². The monoisotopic (exact) mass is 297 g/mol. The lowest BCUT2D eigenvalue weighted by Crippen LogP contribution is -2.38. The minimum atomic E-state index is 0.284. The smallest absolute Gasteiger partial charge is 0.120 e. The van der Waals surface area contributed by atoms with Gasteiger partial charge in [0, 0.05) is 49.7 Å². The van der Waals surface area contributed by atoms with E-state index in [0.717, 1.165) is 49.4 Å². The zero-order valence-corrected chi connectivity index (χ0v) is 13.0. The number of aromatic nitrogens is 1. The number of aryl methyl sites for hydroxylation is 1. The van der Waals surface area contributed by atoms with Gasteiger partial charge in [-0.1, -0.05) is 6.92 Å². The highest BCUT2D eigenvalue weighted by atomic mass is 16.5. The lowest BCUT2D eigenvalue weighted by molar-refractivity contribution is 0.171. The molecule has 1 aliphatic heterocycles. The maximum absolute atomic E-state index is 6.14. The average molecular weight is 297 g/mol. The Bertz CT molecular complexity index is 607. The molecule has 3 rings (SSSR count). The van der Waals surface area contributed by atoms with Crippen molar-refractivity contribution >= 4 is 11.4 Å². The summed E-state index contributed by atoms with van der Waals surface area (Å²) in [6.45, 7) is 4.15. The van der Waals surface area contributed by atoms with E-state index in [9.17, 15) is 0 Å². The topological polar surface area (TPSA) is 51.4 Å². The molecule has 1 aliphatic rings. The van der Waals surface area contributed by atoms with Crippen molar-refractivity contribution in [3.05, 3.63) is 48.3 Å². The van der Waals surface area contributed by atoms with Crippen LogP contribution in [0.15, 0.2) is 42.7 Å². The number of hydrogen-bond donors (Lipinski definition) is 1. The van der Waals surface area contributed by atoms with Crippen LogP contribution in [0.1, 0.15) is 25.3 Å². The molecule has 0 aliphatic carbocycles. The van der Waals surface area contributed by atoms with Gasteiger partial charge in [0.15, 0.2) is 0 Å². The van der Waals surface area contributed by atoms with Crippen LogP contribution < -0.4 is 15.4 Å². The van der Waals surface area contributed by atoms with E-state index in [1.54, 1.807) is 0 Å². The summed E-state index contributed by atoms with van der Waals surface area (Å²) in [5.41, 5.74) is 9.20. The van der Waals surface area contributed by atoms with Gasteiger partial charge in [-0.15, -0.1) is 0 Å². The van der Waals surface area contributed by atoms with Gasteiger partial charge in [0.1, 0.15) is 11.9 Å². The molecule has 2 aromatic rings. The molecule has 0 bridgehead atoms. The number of nitrogen functional groups attached to an aromatic ring is 1. The number of ether oxygens (including phenoxy) is 1. The van der Waals surface area contributed by atoms with Gasteiger partial charge < -0.3 is 15.4 Å². The molecule has 0 spiro atoms. The average Bonchev–Trinajstić information content (AvgIpc) is 2.58. The van der Waals surface area contributed by atoms with Gasteiger partial charge in [-0.25, -0.2) is 0 Å². The third-order valence-electron chi connectivity index (χ3n) is 4.27. The molecule has 4 nitrogen and oxygen atoms in total. The van der Waals surface area contributed by atoms with E-state index in [-0.39, 0.29) is 6.10 Å². The van der Waals surface area contributed by atoms with Crippen LogP contribution in [0.3, 0.4) is 0 Å². The molecular weight excluding hydrogens is 274 g/mol. The molecule has 1 fully saturated rings. The van der Waals surface area contributed by atoms with Crippen LogP contribution in [-0.4, -0.2) is 24.2 Å². The maximum atomic E-state index is 6.14. The van der Waals surface area contributed by atoms with E-state index in [1.807, 2.05) is 24.5 Å². The van der Waals surface area contributed by atoms with Crippen molar-refractivity contribution in [1.29, 1.82) is 0 Å². The molecule has 4 heteroatoms. The molecule has 1 saturated heterocycles. The number of benzene rings is 1. The molecule has 0 radical (unpaired) electrons. The minimum Gasteiger partial charge on any atom is -0.490 e. The normalized spacial score (nSPS) is 15.8. The highest BCUT2D eigenvalue weighted by Crippen LogP contribution is 2.25. The van der Waals surface area contributed by atoms with Gasteiger partial charge in [0.05, 0.1) is 0 Å². The lowest BCUT2D eigenvalue weighted by atomic mass is 10.1. The predicted molar refractivity (Wildman–Crippen MR) is 90.3 cm³/mol. The minimum absolute atomic E-state index is 0.284. The van der Waals surface area contributed by atoms with Gasteiger partial charge in [-0.3, -0.25) is 4.98 Å². The SMILES string of the molecule is CCc1cc(OC2CCN(c3ccncc3)CC2)ccc1N. The van der Waals surface area contributed by atoms with Crippen LogP contribution in [0.2, 0.25) is 0 Å². The van der Waals surface area contributed by atoms with Gasteiger partial charge in [0.25, 0.3) is 0 Å². The van der Waals surface area contributed by atoms with Crippen LogP contribution >= 0.6 is 0 Å². The Morgan fingerprint density at radius 2 is 1.91 bits per heavy atom. The first kappa shape index (κ1) is 14.7. The first-order valence-electron chi connectivity index (χ1n) is 7.96. The summed E-state index contributed by atoms with van der Waals surface area (Å²) in [6.07, 6.45) is 6.98. The lowest BCUT2D eigenvalue weighted by Gasteiger charge is -2.33. The second-order valence-corrected chi connectivity index (χ2v) is 5.72. The van der Waals surface area contributed by atoms with Crippen molar-refractivity contribution in [2.45, 2.75) is 32.3 Å². The van der Waals surface area contributed by atoms with Gasteiger partial charge in [-0.2, -0.15) is 0 Å². The Hall–Kier alpha value is -2.23. The summed E-state index contributed by atoms with van der Waals surface area (Å²) in [4.78, 5) is 6.46. The van der Waals surface area contributed by atoms with Crippen LogP contribution in [0.5, 0.6) is 5.75 Å². The molecule has 116 valence electrons. The van der Waals surface area contributed by atoms with Crippen LogP contribution in [-0.2, 0) is 6.42 Å². The highest BCUT2D eigenvalue weighted by Gasteiger charge is 2.20. The van der Waals surface area contributed by atoms with E-state index in [0.29, 0.717) is 0 Å². The quantitative estimate of drug-likeness (QED) is 0.880. The van der Waals surface area contributed by atoms with Gasteiger partial charge in [-0.05, 0) is 42.3 Å². The molecule has 22 heavy (non-hydrogen) atoms. The number of pyridine rings is 1. The molecule has 1 aromatic heterocycles. The fourth-order valence-corrected chi connectivity index (χ4v) is 2.94. The largest absolute Gasteiger partial charge is 0.490 e. The zero-order chi connectivity index (χ0) is 15.4. The molecule has 0 unspecified atom stereocenters. The summed E-state index contributed by atoms with van der Waals surface area (Å²) in [5.74, 6) is 0.938. The number of anilines is 2. The van der Waals surface area contributed by atoms with Crippen molar-refractivity contribution in [2.75, 3.05) is 23.7 Å². The summed E-state index contributed by atoms with van der Waals surface area (Å²) >= 11 is 0. The molecular formula is C18H23N3O. The van der Waals surface area contributed by atoms with Crippen molar-refractivity contribution in [2.24, 2.45) is 0 Å². The summed E-state index contributed by atoms with van der Waals surface area (Å²) in [6, 6.07) is 10.1. The third kappa shape index (κ3) is 3.32. The van der Waals surface area contributed by atoms with Crippen LogP contribution in [0.4, 0.5) is 11.4 Å². The van der Waals surface area contributed by atoms with E-state index >= 15 is 0 Å². The first-order valence-corrected chi connectivity index (χ1v) is 7.96. The van der Waals surface area contributed by atoms with E-state index in [4.69, 9.17) is 10.5 Å². The molecule has 1 aromatic carbocycles. The fourth-order valence-electron chi connectivity index (χ4n) is 2.94. The fraction of sp³-hybridized carbons (Fsp3) is 0.389. The molecule has 0 amide bonds. The standard InChI is InChI=1S/C18H23N3O/c1-2-14-13-17(3-4-18(14)19)22-16-7-11-21(12-8-16)15-5-9-20-10-6-15/h3-6,9-10,13,16H,2,7-8,11-12,19H2,1H3. The summed E-state index contributed by atoms with van der Waals surface area (Å²) < 4.78 is 6.14. The van der Waals surface area contributed by atoms with E-state index in [1.165, 1.54) is 5.69 Å². The number of piperidine rings is 1. The second kappa shape index (κ2) is 6.69. The number of nitrogens with two attached hydrogens (primary N) is 1. The van der Waals surface area contributed by atoms with Crippen LogP contribution in [0, 0.1) is 0 Å². The second-order valence-electron chi connectivity index (χ2n) is 5.72. The Kier molecular flexibility index (Phi) is 4.47. The highest BCUT2D eigenvalue weighted by molar-refractivity contribution is 5.50. The van der Waals surface area contributed by atoms with E-state index < -0.39 is 0 Å². The zero-order valence-electron chi connectivity index (χ0n) is 13.0. The first-order chi connectivity index (χ1) is 10.8. The molecule has 0 saturated carbocycles. The Balaban J connectivity index is 1.58.